The molecule has 130 valence electrons. The number of aliphatic hydroxyl groups is 1. The SMILES string of the molecule is Cc1cn(-c2nc(Cl)ncc2C)cc1CN1CCN(CCO)CC1. The van der Waals surface area contributed by atoms with E-state index in [0.29, 0.717) is 0 Å². The van der Waals surface area contributed by atoms with Crippen molar-refractivity contribution in [3.63, 3.8) is 0 Å². The number of rotatable bonds is 5. The second kappa shape index (κ2) is 7.61. The number of hydrogen-bond donors (Lipinski definition) is 1. The molecule has 2 aromatic heterocycles. The van der Waals surface area contributed by atoms with Gasteiger partial charge in [0.1, 0.15) is 5.82 Å². The summed E-state index contributed by atoms with van der Waals surface area (Å²) in [6, 6.07) is 0. The first-order valence-electron chi connectivity index (χ1n) is 8.29. The van der Waals surface area contributed by atoms with Crippen molar-refractivity contribution < 1.29 is 5.11 Å². The van der Waals surface area contributed by atoms with E-state index < -0.39 is 0 Å². The maximum atomic E-state index is 9.03. The summed E-state index contributed by atoms with van der Waals surface area (Å²) >= 11 is 5.94. The molecular formula is C17H24ClN5O. The molecule has 0 radical (unpaired) electrons. The monoisotopic (exact) mass is 349 g/mol. The summed E-state index contributed by atoms with van der Waals surface area (Å²) in [5.74, 6) is 0.831. The molecule has 0 aromatic carbocycles. The topological polar surface area (TPSA) is 57.4 Å². The fourth-order valence-electron chi connectivity index (χ4n) is 3.11. The first kappa shape index (κ1) is 17.4. The molecule has 3 rings (SSSR count). The molecule has 6 nitrogen and oxygen atoms in total. The van der Waals surface area contributed by atoms with Crippen molar-refractivity contribution in [2.24, 2.45) is 0 Å². The van der Waals surface area contributed by atoms with E-state index in [0.717, 1.165) is 50.6 Å². The van der Waals surface area contributed by atoms with Gasteiger partial charge in [-0.1, -0.05) is 0 Å². The molecule has 1 aliphatic heterocycles. The van der Waals surface area contributed by atoms with Crippen LogP contribution in [0, 0.1) is 13.8 Å². The van der Waals surface area contributed by atoms with Gasteiger partial charge in [-0.15, -0.1) is 0 Å². The van der Waals surface area contributed by atoms with Gasteiger partial charge in [0.15, 0.2) is 0 Å². The number of aromatic nitrogens is 3. The van der Waals surface area contributed by atoms with Gasteiger partial charge in [0.25, 0.3) is 0 Å². The number of nitrogens with zero attached hydrogens (tertiary/aromatic N) is 5. The number of aryl methyl sites for hydroxylation is 2. The quantitative estimate of drug-likeness (QED) is 0.832. The Morgan fingerprint density at radius 3 is 2.50 bits per heavy atom. The average molecular weight is 350 g/mol. The number of β-amino-alcohol motifs (C(OH)–C–C–N with tert-alkyl or cyclic N) is 1. The molecule has 1 fully saturated rings. The Bertz CT molecular complexity index is 694. The third-order valence-corrected chi connectivity index (χ3v) is 4.75. The molecule has 1 aliphatic rings. The summed E-state index contributed by atoms with van der Waals surface area (Å²) in [5, 5.41) is 9.30. The first-order valence-corrected chi connectivity index (χ1v) is 8.67. The third-order valence-electron chi connectivity index (χ3n) is 4.57. The summed E-state index contributed by atoms with van der Waals surface area (Å²) in [6.07, 6.45) is 5.99. The van der Waals surface area contributed by atoms with Crippen LogP contribution in [0.15, 0.2) is 18.6 Å². The van der Waals surface area contributed by atoms with Crippen LogP contribution in [-0.2, 0) is 6.54 Å². The van der Waals surface area contributed by atoms with Gasteiger partial charge in [-0.2, -0.15) is 4.98 Å². The molecule has 0 spiro atoms. The number of aliphatic hydroxyl groups excluding tert-OH is 1. The van der Waals surface area contributed by atoms with Crippen LogP contribution >= 0.6 is 11.6 Å². The maximum absolute atomic E-state index is 9.03. The van der Waals surface area contributed by atoms with Crippen molar-refractivity contribution >= 4 is 11.6 Å². The minimum absolute atomic E-state index is 0.239. The van der Waals surface area contributed by atoms with Crippen LogP contribution in [0.4, 0.5) is 0 Å². The van der Waals surface area contributed by atoms with E-state index in [9.17, 15) is 0 Å². The van der Waals surface area contributed by atoms with Crippen LogP contribution in [0.3, 0.4) is 0 Å². The number of piperazine rings is 1. The standard InChI is InChI=1S/C17H24ClN5O/c1-13-9-19-17(18)20-16(13)23-10-14(2)15(12-23)11-22-5-3-21(4-6-22)7-8-24/h9-10,12,24H,3-8,11H2,1-2H3. The highest BCUT2D eigenvalue weighted by molar-refractivity contribution is 6.28. The molecule has 2 aromatic rings. The molecular weight excluding hydrogens is 326 g/mol. The van der Waals surface area contributed by atoms with Gasteiger partial charge in [0.2, 0.25) is 5.28 Å². The Morgan fingerprint density at radius 2 is 1.79 bits per heavy atom. The molecule has 0 atom stereocenters. The zero-order valence-electron chi connectivity index (χ0n) is 14.2. The molecule has 1 N–H and O–H groups in total. The predicted octanol–water partition coefficient (Wildman–Crippen LogP) is 1.65. The van der Waals surface area contributed by atoms with Crippen LogP contribution < -0.4 is 0 Å². The highest BCUT2D eigenvalue weighted by Gasteiger charge is 2.18. The second-order valence-electron chi connectivity index (χ2n) is 6.36. The van der Waals surface area contributed by atoms with E-state index in [4.69, 9.17) is 16.7 Å². The minimum Gasteiger partial charge on any atom is -0.395 e. The Hall–Kier alpha value is -1.47. The van der Waals surface area contributed by atoms with E-state index in [1.54, 1.807) is 6.20 Å². The summed E-state index contributed by atoms with van der Waals surface area (Å²) in [5.41, 5.74) is 3.56. The zero-order chi connectivity index (χ0) is 17.1. The van der Waals surface area contributed by atoms with Gasteiger partial charge < -0.3 is 9.67 Å². The molecule has 0 unspecified atom stereocenters. The third kappa shape index (κ3) is 3.95. The Labute approximate surface area is 147 Å². The molecule has 0 saturated carbocycles. The molecule has 3 heterocycles. The van der Waals surface area contributed by atoms with Gasteiger partial charge in [-0.05, 0) is 36.6 Å². The van der Waals surface area contributed by atoms with Gasteiger partial charge in [-0.25, -0.2) is 4.98 Å². The van der Waals surface area contributed by atoms with Crippen LogP contribution in [0.5, 0.6) is 0 Å². The smallest absolute Gasteiger partial charge is 0.224 e. The van der Waals surface area contributed by atoms with Crippen molar-refractivity contribution in [2.75, 3.05) is 39.3 Å². The lowest BCUT2D eigenvalue weighted by atomic mass is 10.2. The summed E-state index contributed by atoms with van der Waals surface area (Å²) < 4.78 is 2.04. The lowest BCUT2D eigenvalue weighted by molar-refractivity contribution is 0.108. The number of halogens is 1. The van der Waals surface area contributed by atoms with Crippen molar-refractivity contribution in [1.29, 1.82) is 0 Å². The van der Waals surface area contributed by atoms with Crippen LogP contribution in [0.2, 0.25) is 5.28 Å². The van der Waals surface area contributed by atoms with Crippen molar-refractivity contribution in [2.45, 2.75) is 20.4 Å². The van der Waals surface area contributed by atoms with E-state index in [1.807, 2.05) is 11.5 Å². The zero-order valence-corrected chi connectivity index (χ0v) is 15.0. The Kier molecular flexibility index (Phi) is 5.50. The van der Waals surface area contributed by atoms with E-state index in [-0.39, 0.29) is 11.9 Å². The van der Waals surface area contributed by atoms with Crippen LogP contribution in [0.25, 0.3) is 5.82 Å². The van der Waals surface area contributed by atoms with Gasteiger partial charge >= 0.3 is 0 Å². The Morgan fingerprint density at radius 1 is 1.08 bits per heavy atom. The highest BCUT2D eigenvalue weighted by atomic mass is 35.5. The minimum atomic E-state index is 0.239. The van der Waals surface area contributed by atoms with Crippen molar-refractivity contribution in [3.8, 4) is 5.82 Å². The first-order chi connectivity index (χ1) is 11.6. The Balaban J connectivity index is 1.70. The molecule has 0 aliphatic carbocycles. The van der Waals surface area contributed by atoms with Crippen LogP contribution in [0.1, 0.15) is 16.7 Å². The fourth-order valence-corrected chi connectivity index (χ4v) is 3.24. The van der Waals surface area contributed by atoms with Crippen molar-refractivity contribution in [1.82, 2.24) is 24.3 Å². The average Bonchev–Trinajstić information content (AvgIpc) is 2.92. The molecule has 24 heavy (non-hydrogen) atoms. The van der Waals surface area contributed by atoms with Gasteiger partial charge in [-0.3, -0.25) is 9.80 Å². The second-order valence-corrected chi connectivity index (χ2v) is 6.70. The summed E-state index contributed by atoms with van der Waals surface area (Å²) in [4.78, 5) is 13.1. The lowest BCUT2D eigenvalue weighted by Gasteiger charge is -2.34. The molecule has 0 bridgehead atoms. The molecule has 0 amide bonds. The normalized spacial score (nSPS) is 16.7. The van der Waals surface area contributed by atoms with E-state index in [2.05, 4.69) is 39.1 Å². The van der Waals surface area contributed by atoms with Crippen LogP contribution in [-0.4, -0.2) is 68.8 Å². The number of hydrogen-bond acceptors (Lipinski definition) is 5. The maximum Gasteiger partial charge on any atom is 0.224 e. The molecule has 7 heteroatoms. The van der Waals surface area contributed by atoms with E-state index in [1.165, 1.54) is 11.1 Å². The summed E-state index contributed by atoms with van der Waals surface area (Å²) in [7, 11) is 0. The highest BCUT2D eigenvalue weighted by Crippen LogP contribution is 2.19. The van der Waals surface area contributed by atoms with Crippen molar-refractivity contribution in [3.05, 3.63) is 40.6 Å². The van der Waals surface area contributed by atoms with Gasteiger partial charge in [0.05, 0.1) is 6.61 Å². The lowest BCUT2D eigenvalue weighted by Crippen LogP contribution is -2.46. The summed E-state index contributed by atoms with van der Waals surface area (Å²) in [6.45, 7) is 10.2. The fraction of sp³-hybridized carbons (Fsp3) is 0.529. The van der Waals surface area contributed by atoms with Gasteiger partial charge in [0, 0.05) is 63.4 Å². The largest absolute Gasteiger partial charge is 0.395 e. The molecule has 1 saturated heterocycles. The predicted molar refractivity (Wildman–Crippen MR) is 94.6 cm³/mol. The van der Waals surface area contributed by atoms with E-state index >= 15 is 0 Å².